The van der Waals surface area contributed by atoms with E-state index in [9.17, 15) is 48.6 Å². The molecule has 0 aliphatic carbocycles. The number of nitrogens with two attached hydrogens (primary N) is 1. The zero-order valence-electron chi connectivity index (χ0n) is 42.8. The number of aliphatic hydroxyl groups excluding tert-OH is 3. The number of hydrogen-bond donors (Lipinski definition) is 6. The smallest absolute Gasteiger partial charge is 0.462 e. The number of carbonyl (C=O) groups is 2. The number of phosphoric acid groups is 2. The minimum atomic E-state index is -5.45. The fourth-order valence-electron chi connectivity index (χ4n) is 6.99. The number of carbonyl (C=O) groups excluding carboxylic acids is 2. The Bertz CT molecular complexity index is 2070. The molecule has 1 saturated heterocycles. The molecule has 0 spiro atoms. The van der Waals surface area contributed by atoms with Gasteiger partial charge in [0.15, 0.2) is 12.3 Å². The highest BCUT2D eigenvalue weighted by Crippen LogP contribution is 2.60. The molecule has 1 aromatic rings. The number of aromatic nitrogens is 2. The Morgan fingerprint density at radius 2 is 1.21 bits per heavy atom. The summed E-state index contributed by atoms with van der Waals surface area (Å²) in [7, 11) is -10.9. The second kappa shape index (κ2) is 39.3. The molecular weight excluding hydrogens is 985 g/mol. The van der Waals surface area contributed by atoms with Crippen molar-refractivity contribution in [1.29, 1.82) is 0 Å². The first-order valence-corrected chi connectivity index (χ1v) is 28.6. The van der Waals surface area contributed by atoms with Crippen molar-refractivity contribution in [3.63, 3.8) is 0 Å². The van der Waals surface area contributed by atoms with E-state index in [1.54, 1.807) is 6.92 Å². The Labute approximate surface area is 431 Å². The number of phosphoric ester groups is 2. The fourth-order valence-corrected chi connectivity index (χ4v) is 9.10. The Kier molecular flexibility index (Phi) is 35.0. The van der Waals surface area contributed by atoms with Crippen LogP contribution in [0.4, 0.5) is 5.82 Å². The van der Waals surface area contributed by atoms with Crippen LogP contribution in [0.1, 0.15) is 155 Å². The van der Waals surface area contributed by atoms with Crippen LogP contribution in [0.2, 0.25) is 0 Å². The molecule has 2 heterocycles. The van der Waals surface area contributed by atoms with E-state index in [4.69, 9.17) is 29.0 Å². The molecule has 0 bridgehead atoms. The summed E-state index contributed by atoms with van der Waals surface area (Å²) >= 11 is 0. The number of nitrogens with zero attached hydrogens (tertiary/aromatic N) is 2. The van der Waals surface area contributed by atoms with Gasteiger partial charge in [-0.05, 0) is 103 Å². The lowest BCUT2D eigenvalue weighted by Crippen LogP contribution is -2.36. The third-order valence-corrected chi connectivity index (χ3v) is 13.6. The van der Waals surface area contributed by atoms with Crippen LogP contribution < -0.4 is 11.4 Å². The van der Waals surface area contributed by atoms with Crippen molar-refractivity contribution in [3.8, 4) is 0 Å². The number of esters is 2. The lowest BCUT2D eigenvalue weighted by Gasteiger charge is -2.21. The summed E-state index contributed by atoms with van der Waals surface area (Å²) in [6.45, 7) is 1.59. The molecule has 412 valence electrons. The molecule has 0 aromatic carbocycles. The van der Waals surface area contributed by atoms with E-state index in [1.165, 1.54) is 44.6 Å². The summed E-state index contributed by atoms with van der Waals surface area (Å²) in [5.41, 5.74) is 4.57. The molecule has 2 rings (SSSR count). The zero-order chi connectivity index (χ0) is 53.6. The number of rotatable bonds is 41. The highest BCUT2D eigenvalue weighted by atomic mass is 31.3. The highest BCUT2D eigenvalue weighted by molar-refractivity contribution is 7.61. The fraction of sp³-hybridized carbons (Fsp3) is 0.615. The van der Waals surface area contributed by atoms with Gasteiger partial charge in [-0.2, -0.15) is 9.29 Å². The highest BCUT2D eigenvalue weighted by Gasteiger charge is 2.46. The molecule has 0 saturated carbocycles. The van der Waals surface area contributed by atoms with Gasteiger partial charge in [-0.3, -0.25) is 23.2 Å². The maximum absolute atomic E-state index is 12.8. The lowest BCUT2D eigenvalue weighted by molar-refractivity contribution is -0.161. The quantitative estimate of drug-likeness (QED) is 0.0154. The first kappa shape index (κ1) is 65.0. The van der Waals surface area contributed by atoms with Gasteiger partial charge >= 0.3 is 33.3 Å². The number of allylic oxidation sites excluding steroid dienone is 14. The molecule has 1 aromatic heterocycles. The van der Waals surface area contributed by atoms with Crippen LogP contribution in [-0.2, 0) is 46.3 Å². The van der Waals surface area contributed by atoms with E-state index in [0.717, 1.165) is 68.6 Å². The average molecular weight is 1070 g/mol. The van der Waals surface area contributed by atoms with Crippen LogP contribution in [0, 0.1) is 0 Å². The van der Waals surface area contributed by atoms with E-state index in [1.807, 2.05) is 30.4 Å². The summed E-state index contributed by atoms with van der Waals surface area (Å²) in [6.07, 6.45) is 39.5. The predicted octanol–water partition coefficient (Wildman–Crippen LogP) is 9.64. The zero-order valence-corrected chi connectivity index (χ0v) is 44.6. The monoisotopic (exact) mass is 1070 g/mol. The molecule has 1 fully saturated rings. The van der Waals surface area contributed by atoms with Gasteiger partial charge in [0.1, 0.15) is 30.7 Å². The lowest BCUT2D eigenvalue weighted by atomic mass is 10.1. The molecular formula is C52H83N3O16P2. The Balaban J connectivity index is 1.85. The average Bonchev–Trinajstić information content (AvgIpc) is 3.62. The third kappa shape index (κ3) is 32.7. The minimum absolute atomic E-state index is 0.0242. The number of nitrogen functional groups attached to an aromatic ring is 1. The number of hydrogen-bond acceptors (Lipinski definition) is 16. The normalized spacial score (nSPS) is 20.1. The van der Waals surface area contributed by atoms with Gasteiger partial charge in [-0.1, -0.05) is 124 Å². The summed E-state index contributed by atoms with van der Waals surface area (Å²) in [6, 6.07) is 1.24. The van der Waals surface area contributed by atoms with Crippen molar-refractivity contribution in [2.75, 3.05) is 25.6 Å². The van der Waals surface area contributed by atoms with Crippen molar-refractivity contribution in [1.82, 2.24) is 9.55 Å². The van der Waals surface area contributed by atoms with Gasteiger partial charge in [-0.25, -0.2) is 13.9 Å². The van der Waals surface area contributed by atoms with Crippen LogP contribution in [-0.4, -0.2) is 96.9 Å². The van der Waals surface area contributed by atoms with E-state index in [-0.39, 0.29) is 24.8 Å². The summed E-state index contributed by atoms with van der Waals surface area (Å²) in [5, 5.41) is 30.2. The van der Waals surface area contributed by atoms with Crippen molar-refractivity contribution in [2.45, 2.75) is 185 Å². The van der Waals surface area contributed by atoms with Crippen molar-refractivity contribution < 1.29 is 71.4 Å². The van der Waals surface area contributed by atoms with Crippen LogP contribution in [0.3, 0.4) is 0 Å². The van der Waals surface area contributed by atoms with E-state index in [0.29, 0.717) is 25.7 Å². The van der Waals surface area contributed by atoms with E-state index < -0.39 is 83.7 Å². The predicted molar refractivity (Wildman–Crippen MR) is 281 cm³/mol. The number of aliphatic hydroxyl groups is 3. The van der Waals surface area contributed by atoms with E-state index in [2.05, 4.69) is 70.9 Å². The molecule has 0 radical (unpaired) electrons. The van der Waals surface area contributed by atoms with E-state index >= 15 is 0 Å². The largest absolute Gasteiger partial charge is 0.481 e. The second-order valence-corrected chi connectivity index (χ2v) is 20.6. The topological polar surface area (TPSA) is 286 Å². The molecule has 7 N–H and O–H groups in total. The van der Waals surface area contributed by atoms with Crippen LogP contribution in [0.5, 0.6) is 0 Å². The molecule has 1 aliphatic heterocycles. The molecule has 2 unspecified atom stereocenters. The molecule has 21 heteroatoms. The number of anilines is 1. The number of ether oxygens (including phenoxy) is 3. The SMILES string of the molecule is CCCCCCCC/C=C\C/C=C\C/C=C\CCCC(=O)O[C@H](COC(=O)CCC/C=C\C/C=C\C/C=C\C/C=C\CCC[C@@H](C)O)COP(=O)(O)OP(=O)(O)OC[C@H]1O[C@@H](n2ccc(N)nc2=O)[C@H](O)[C@@H]1O. The minimum Gasteiger partial charge on any atom is -0.462 e. The summed E-state index contributed by atoms with van der Waals surface area (Å²) < 4.78 is 56.6. The van der Waals surface area contributed by atoms with Crippen molar-refractivity contribution >= 4 is 33.4 Å². The molecule has 1 aliphatic rings. The number of unbranched alkanes of at least 4 members (excludes halogenated alkanes) is 9. The van der Waals surface area contributed by atoms with Crippen molar-refractivity contribution in [2.24, 2.45) is 0 Å². The standard InChI is InChI=1S/C52H83N3O16P2/c1-3-4-5-6-7-8-9-10-11-12-15-19-22-25-28-31-34-37-48(58)69-44(40-66-47(57)36-33-30-27-24-21-18-16-13-14-17-20-23-26-29-32-35-43(2)56)41-67-72(62,63)71-73(64,65)68-42-45-49(59)50(60)51(70-45)55-39-38-46(53)54-52(55)61/h10-11,14-19,23-28,38-39,43-45,49-51,56,59-60H,3-9,12-13,20-22,29-37,40-42H2,1-2H3,(H,62,63)(H,64,65)(H2,53,54,61)/b11-10-,17-14-,18-16-,19-15-,26-23-,27-24-,28-25-/t43-,44-,45-,49-,50-,51-/m1/s1. The Hall–Kier alpha value is -4.10. The van der Waals surface area contributed by atoms with Crippen LogP contribution in [0.25, 0.3) is 0 Å². The molecule has 19 nitrogen and oxygen atoms in total. The van der Waals surface area contributed by atoms with Gasteiger partial charge in [0, 0.05) is 19.0 Å². The van der Waals surface area contributed by atoms with Gasteiger partial charge < -0.3 is 45.1 Å². The molecule has 73 heavy (non-hydrogen) atoms. The second-order valence-electron chi connectivity index (χ2n) is 17.6. The van der Waals surface area contributed by atoms with Gasteiger partial charge in [-0.15, -0.1) is 0 Å². The van der Waals surface area contributed by atoms with Crippen LogP contribution >= 0.6 is 15.6 Å². The third-order valence-electron chi connectivity index (χ3n) is 11.0. The maximum atomic E-state index is 12.8. The maximum Gasteiger partial charge on any atom is 0.481 e. The Morgan fingerprint density at radius 3 is 1.75 bits per heavy atom. The van der Waals surface area contributed by atoms with Gasteiger partial charge in [0.2, 0.25) is 0 Å². The first-order valence-electron chi connectivity index (χ1n) is 25.6. The first-order chi connectivity index (χ1) is 35.0. The summed E-state index contributed by atoms with van der Waals surface area (Å²) in [4.78, 5) is 61.9. The van der Waals surface area contributed by atoms with Gasteiger partial charge in [0.05, 0.1) is 19.3 Å². The van der Waals surface area contributed by atoms with Crippen LogP contribution in [0.15, 0.2) is 102 Å². The Morgan fingerprint density at radius 1 is 0.712 bits per heavy atom. The summed E-state index contributed by atoms with van der Waals surface area (Å²) in [5.74, 6) is -1.45. The van der Waals surface area contributed by atoms with Crippen molar-refractivity contribution in [3.05, 3.63) is 108 Å². The van der Waals surface area contributed by atoms with Gasteiger partial charge in [0.25, 0.3) is 0 Å². The molecule has 0 amide bonds. The molecule has 8 atom stereocenters.